The van der Waals surface area contributed by atoms with E-state index < -0.39 is 11.2 Å². The molecule has 2 fully saturated rings. The Labute approximate surface area is 173 Å². The smallest absolute Gasteiger partial charge is 0.408 e. The predicted octanol–water partition coefficient (Wildman–Crippen LogP) is 6.21. The average Bonchev–Trinajstić information content (AvgIpc) is 2.53. The number of rotatable bonds is 5. The number of nitrogens with one attached hydrogen (secondary N) is 1. The van der Waals surface area contributed by atoms with Gasteiger partial charge in [0.15, 0.2) is 0 Å². The van der Waals surface area contributed by atoms with Crippen molar-refractivity contribution in [1.82, 2.24) is 5.32 Å². The van der Waals surface area contributed by atoms with E-state index >= 15 is 0 Å². The number of alkyl carbamates (subject to hydrolysis) is 1. The highest BCUT2D eigenvalue weighted by atomic mass is 16.6. The maximum Gasteiger partial charge on any atom is 0.408 e. The van der Waals surface area contributed by atoms with Gasteiger partial charge in [0.25, 0.3) is 0 Å². The van der Waals surface area contributed by atoms with Crippen molar-refractivity contribution < 1.29 is 14.6 Å². The SMILES string of the molecule is CC(C)C1(NC(=O)OC(C)(C)CC2CCCC(O)(C(C)(C)C)C2)CCCCC1. The fourth-order valence-corrected chi connectivity index (χ4v) is 5.47. The van der Waals surface area contributed by atoms with Gasteiger partial charge in [0, 0.05) is 5.54 Å². The zero-order valence-electron chi connectivity index (χ0n) is 19.5. The third-order valence-corrected chi connectivity index (χ3v) is 7.58. The van der Waals surface area contributed by atoms with Gasteiger partial charge in [-0.05, 0) is 63.2 Å². The number of aliphatic hydroxyl groups is 1. The first kappa shape index (κ1) is 23.5. The molecule has 0 aromatic carbocycles. The third kappa shape index (κ3) is 5.64. The van der Waals surface area contributed by atoms with Crippen LogP contribution in [0.25, 0.3) is 0 Å². The summed E-state index contributed by atoms with van der Waals surface area (Å²) in [7, 11) is 0. The highest BCUT2D eigenvalue weighted by molar-refractivity contribution is 5.69. The van der Waals surface area contributed by atoms with Crippen molar-refractivity contribution in [2.75, 3.05) is 0 Å². The molecule has 0 bridgehead atoms. The normalized spacial score (nSPS) is 28.8. The van der Waals surface area contributed by atoms with E-state index in [0.29, 0.717) is 11.8 Å². The van der Waals surface area contributed by atoms with Gasteiger partial charge in [0.05, 0.1) is 5.60 Å². The van der Waals surface area contributed by atoms with E-state index in [1.807, 2.05) is 13.8 Å². The van der Waals surface area contributed by atoms with Crippen LogP contribution in [0.15, 0.2) is 0 Å². The Kier molecular flexibility index (Phi) is 7.17. The Morgan fingerprint density at radius 1 is 1.07 bits per heavy atom. The summed E-state index contributed by atoms with van der Waals surface area (Å²) in [6, 6.07) is 0. The molecule has 164 valence electrons. The van der Waals surface area contributed by atoms with Gasteiger partial charge < -0.3 is 15.2 Å². The molecule has 28 heavy (non-hydrogen) atoms. The molecule has 0 radical (unpaired) electrons. The molecule has 4 nitrogen and oxygen atoms in total. The topological polar surface area (TPSA) is 58.6 Å². The number of amides is 1. The number of carbonyl (C=O) groups is 1. The fraction of sp³-hybridized carbons (Fsp3) is 0.958. The van der Waals surface area contributed by atoms with Crippen molar-refractivity contribution in [1.29, 1.82) is 0 Å². The van der Waals surface area contributed by atoms with Crippen LogP contribution in [0.4, 0.5) is 4.79 Å². The van der Waals surface area contributed by atoms with Gasteiger partial charge in [-0.3, -0.25) is 0 Å². The summed E-state index contributed by atoms with van der Waals surface area (Å²) in [5.41, 5.74) is -1.41. The summed E-state index contributed by atoms with van der Waals surface area (Å²) >= 11 is 0. The van der Waals surface area contributed by atoms with Crippen molar-refractivity contribution in [2.45, 2.75) is 129 Å². The second-order valence-electron chi connectivity index (χ2n) is 11.6. The lowest BCUT2D eigenvalue weighted by molar-refractivity contribution is -0.106. The van der Waals surface area contributed by atoms with Gasteiger partial charge in [-0.15, -0.1) is 0 Å². The molecule has 2 aliphatic rings. The molecular weight excluding hydrogens is 350 g/mol. The summed E-state index contributed by atoms with van der Waals surface area (Å²) in [6.07, 6.45) is 10.0. The van der Waals surface area contributed by atoms with E-state index in [0.717, 1.165) is 44.9 Å². The van der Waals surface area contributed by atoms with Crippen molar-refractivity contribution >= 4 is 6.09 Å². The summed E-state index contributed by atoms with van der Waals surface area (Å²) in [5, 5.41) is 14.4. The Balaban J connectivity index is 1.96. The summed E-state index contributed by atoms with van der Waals surface area (Å²) in [6.45, 7) is 14.8. The lowest BCUT2D eigenvalue weighted by atomic mass is 9.64. The first-order valence-corrected chi connectivity index (χ1v) is 11.5. The Bertz CT molecular complexity index is 528. The van der Waals surface area contributed by atoms with Crippen molar-refractivity contribution in [2.24, 2.45) is 17.3 Å². The Hall–Kier alpha value is -0.770. The number of ether oxygens (including phenoxy) is 1. The van der Waals surface area contributed by atoms with Crippen LogP contribution in [-0.4, -0.2) is 27.9 Å². The number of carbonyl (C=O) groups excluding carboxylic acids is 1. The molecule has 2 saturated carbocycles. The van der Waals surface area contributed by atoms with Gasteiger partial charge in [-0.2, -0.15) is 0 Å². The van der Waals surface area contributed by atoms with Gasteiger partial charge in [0.1, 0.15) is 5.60 Å². The zero-order valence-corrected chi connectivity index (χ0v) is 19.5. The van der Waals surface area contributed by atoms with E-state index in [1.54, 1.807) is 0 Å². The number of hydrogen-bond donors (Lipinski definition) is 2. The second-order valence-corrected chi connectivity index (χ2v) is 11.6. The molecule has 2 rings (SSSR count). The molecule has 0 aliphatic heterocycles. The molecule has 2 N–H and O–H groups in total. The molecule has 2 aliphatic carbocycles. The predicted molar refractivity (Wildman–Crippen MR) is 115 cm³/mol. The highest BCUT2D eigenvalue weighted by Gasteiger charge is 2.45. The minimum Gasteiger partial charge on any atom is -0.444 e. The Morgan fingerprint density at radius 3 is 2.21 bits per heavy atom. The van der Waals surface area contributed by atoms with Crippen LogP contribution < -0.4 is 5.32 Å². The molecule has 1 amide bonds. The van der Waals surface area contributed by atoms with Crippen LogP contribution in [0, 0.1) is 17.3 Å². The maximum absolute atomic E-state index is 12.8. The molecule has 0 aromatic rings. The lowest BCUT2D eigenvalue weighted by Gasteiger charge is -2.47. The molecule has 0 aromatic heterocycles. The van der Waals surface area contributed by atoms with E-state index in [2.05, 4.69) is 39.9 Å². The van der Waals surface area contributed by atoms with Crippen LogP contribution in [0.5, 0.6) is 0 Å². The van der Waals surface area contributed by atoms with E-state index in [1.165, 1.54) is 19.3 Å². The largest absolute Gasteiger partial charge is 0.444 e. The minimum atomic E-state index is -0.627. The third-order valence-electron chi connectivity index (χ3n) is 7.58. The summed E-state index contributed by atoms with van der Waals surface area (Å²) in [5.74, 6) is 0.790. The van der Waals surface area contributed by atoms with Crippen LogP contribution >= 0.6 is 0 Å². The van der Waals surface area contributed by atoms with Crippen LogP contribution in [0.3, 0.4) is 0 Å². The standard InChI is InChI=1S/C24H45NO3/c1-18(2)23(13-9-8-10-14-23)25-20(26)28-22(6,7)16-19-12-11-15-24(27,17-19)21(3,4)5/h18-19,27H,8-17H2,1-7H3,(H,25,26). The molecule has 2 atom stereocenters. The van der Waals surface area contributed by atoms with Crippen LogP contribution in [0.1, 0.15) is 113 Å². The van der Waals surface area contributed by atoms with Gasteiger partial charge in [-0.25, -0.2) is 4.79 Å². The zero-order chi connectivity index (χ0) is 21.2. The van der Waals surface area contributed by atoms with Crippen LogP contribution in [0.2, 0.25) is 0 Å². The van der Waals surface area contributed by atoms with Crippen LogP contribution in [-0.2, 0) is 4.74 Å². The van der Waals surface area contributed by atoms with Gasteiger partial charge in [0.2, 0.25) is 0 Å². The highest BCUT2D eigenvalue weighted by Crippen LogP contribution is 2.46. The molecule has 0 saturated heterocycles. The molecule has 0 heterocycles. The fourth-order valence-electron chi connectivity index (χ4n) is 5.47. The van der Waals surface area contributed by atoms with Crippen molar-refractivity contribution in [3.05, 3.63) is 0 Å². The van der Waals surface area contributed by atoms with Crippen molar-refractivity contribution in [3.8, 4) is 0 Å². The van der Waals surface area contributed by atoms with Crippen molar-refractivity contribution in [3.63, 3.8) is 0 Å². The van der Waals surface area contributed by atoms with E-state index in [9.17, 15) is 9.90 Å². The molecule has 2 unspecified atom stereocenters. The maximum atomic E-state index is 12.8. The van der Waals surface area contributed by atoms with Gasteiger partial charge >= 0.3 is 6.09 Å². The Morgan fingerprint density at radius 2 is 1.68 bits per heavy atom. The quantitative estimate of drug-likeness (QED) is 0.582. The molecule has 0 spiro atoms. The summed E-state index contributed by atoms with van der Waals surface area (Å²) in [4.78, 5) is 12.8. The molecular formula is C24H45NO3. The average molecular weight is 396 g/mol. The number of hydrogen-bond acceptors (Lipinski definition) is 3. The molecule has 4 heteroatoms. The van der Waals surface area contributed by atoms with E-state index in [-0.39, 0.29) is 17.0 Å². The lowest BCUT2D eigenvalue weighted by Crippen LogP contribution is -2.55. The van der Waals surface area contributed by atoms with Gasteiger partial charge in [-0.1, -0.05) is 66.7 Å². The first-order chi connectivity index (χ1) is 12.8. The summed E-state index contributed by atoms with van der Waals surface area (Å²) < 4.78 is 5.94. The minimum absolute atomic E-state index is 0.122. The second kappa shape index (κ2) is 8.53. The van der Waals surface area contributed by atoms with E-state index in [4.69, 9.17) is 4.74 Å². The monoisotopic (exact) mass is 395 g/mol. The first-order valence-electron chi connectivity index (χ1n) is 11.5.